The Balaban J connectivity index is 0.00000111. The van der Waals surface area contributed by atoms with Crippen LogP contribution in [-0.4, -0.2) is 77.5 Å². The zero-order valence-electron chi connectivity index (χ0n) is 19.3. The van der Waals surface area contributed by atoms with Gasteiger partial charge in [0.25, 0.3) is 0 Å². The molecule has 33 heavy (non-hydrogen) atoms. The van der Waals surface area contributed by atoms with E-state index in [-0.39, 0.29) is 0 Å². The van der Waals surface area contributed by atoms with Gasteiger partial charge in [0, 0.05) is 61.6 Å². The van der Waals surface area contributed by atoms with Crippen molar-refractivity contribution in [3.63, 3.8) is 0 Å². The van der Waals surface area contributed by atoms with Crippen molar-refractivity contribution in [1.82, 2.24) is 30.4 Å². The van der Waals surface area contributed by atoms with Gasteiger partial charge >= 0.3 is 0 Å². The van der Waals surface area contributed by atoms with E-state index in [0.717, 1.165) is 92.7 Å². The molecule has 0 spiro atoms. The number of aromatic amines is 1. The first-order chi connectivity index (χ1) is 16.3. The molecule has 2 N–H and O–H groups in total. The molecule has 0 aliphatic carbocycles. The minimum atomic E-state index is 0.733. The van der Waals surface area contributed by atoms with Gasteiger partial charge in [-0.15, -0.1) is 11.3 Å². The van der Waals surface area contributed by atoms with Crippen LogP contribution in [0.2, 0.25) is 0 Å². The minimum absolute atomic E-state index is 0.733. The molecule has 0 atom stereocenters. The predicted octanol–water partition coefficient (Wildman–Crippen LogP) is 3.50. The Labute approximate surface area is 198 Å². The number of thiophene rings is 1. The van der Waals surface area contributed by atoms with Crippen molar-refractivity contribution >= 4 is 38.3 Å². The van der Waals surface area contributed by atoms with Gasteiger partial charge in [-0.3, -0.25) is 10.00 Å². The topological polar surface area (TPSA) is 82.2 Å². The third-order valence-electron chi connectivity index (χ3n) is 6.03. The number of rotatable bonds is 4. The first-order valence-electron chi connectivity index (χ1n) is 11.8. The fraction of sp³-hybridized carbons (Fsp3) is 0.458. The molecule has 9 heteroatoms. The van der Waals surface area contributed by atoms with E-state index in [1.165, 1.54) is 9.58 Å². The quantitative estimate of drug-likeness (QED) is 0.477. The average molecular weight is 466 g/mol. The van der Waals surface area contributed by atoms with Crippen molar-refractivity contribution in [3.8, 4) is 11.4 Å². The number of fused-ring (bicyclic) bond motifs is 2. The van der Waals surface area contributed by atoms with Gasteiger partial charge in [0.1, 0.15) is 0 Å². The van der Waals surface area contributed by atoms with Gasteiger partial charge < -0.3 is 15.0 Å². The van der Waals surface area contributed by atoms with E-state index < -0.39 is 0 Å². The molecule has 3 aromatic heterocycles. The van der Waals surface area contributed by atoms with Crippen molar-refractivity contribution in [3.05, 3.63) is 35.3 Å². The maximum atomic E-state index is 5.59. The van der Waals surface area contributed by atoms with Crippen LogP contribution < -0.4 is 10.2 Å². The Kier molecular flexibility index (Phi) is 6.82. The molecule has 1 aromatic carbocycles. The van der Waals surface area contributed by atoms with Crippen molar-refractivity contribution in [2.75, 3.05) is 57.4 Å². The number of hydrogen-bond donors (Lipinski definition) is 2. The first kappa shape index (κ1) is 22.2. The minimum Gasteiger partial charge on any atom is -0.378 e. The highest BCUT2D eigenvalue weighted by Crippen LogP contribution is 2.36. The number of nitrogens with zero attached hydrogens (tertiary/aromatic N) is 5. The summed E-state index contributed by atoms with van der Waals surface area (Å²) >= 11 is 1.83. The number of hydrogen-bond acceptors (Lipinski definition) is 8. The van der Waals surface area contributed by atoms with Gasteiger partial charge in [0.05, 0.1) is 35.1 Å². The number of H-pyrrole nitrogens is 1. The monoisotopic (exact) mass is 465 g/mol. The van der Waals surface area contributed by atoms with Crippen molar-refractivity contribution < 1.29 is 4.74 Å². The molecular formula is C24H31N7OS. The van der Waals surface area contributed by atoms with Crippen LogP contribution in [0.25, 0.3) is 32.5 Å². The first-order valence-corrected chi connectivity index (χ1v) is 12.7. The number of ether oxygens (including phenoxy) is 1. The molecule has 0 radical (unpaired) electrons. The lowest BCUT2D eigenvalue weighted by molar-refractivity contribution is 0.122. The largest absolute Gasteiger partial charge is 0.378 e. The second kappa shape index (κ2) is 10.1. The number of aromatic nitrogens is 4. The molecule has 2 fully saturated rings. The summed E-state index contributed by atoms with van der Waals surface area (Å²) in [7, 11) is 0. The Morgan fingerprint density at radius 2 is 1.88 bits per heavy atom. The normalized spacial score (nSPS) is 17.3. The maximum absolute atomic E-state index is 5.59. The van der Waals surface area contributed by atoms with E-state index in [1.807, 2.05) is 43.5 Å². The van der Waals surface area contributed by atoms with E-state index in [4.69, 9.17) is 14.7 Å². The van der Waals surface area contributed by atoms with E-state index >= 15 is 0 Å². The number of anilines is 1. The van der Waals surface area contributed by atoms with E-state index in [0.29, 0.717) is 0 Å². The zero-order valence-corrected chi connectivity index (χ0v) is 20.1. The van der Waals surface area contributed by atoms with Crippen molar-refractivity contribution in [2.24, 2.45) is 0 Å². The lowest BCUT2D eigenvalue weighted by atomic mass is 10.1. The van der Waals surface area contributed by atoms with Gasteiger partial charge in [-0.05, 0) is 12.1 Å². The van der Waals surface area contributed by atoms with Gasteiger partial charge in [-0.2, -0.15) is 5.10 Å². The molecule has 0 saturated carbocycles. The molecule has 0 bridgehead atoms. The molecule has 8 nitrogen and oxygen atoms in total. The van der Waals surface area contributed by atoms with Crippen LogP contribution in [0.15, 0.2) is 30.5 Å². The van der Waals surface area contributed by atoms with E-state index in [9.17, 15) is 0 Å². The van der Waals surface area contributed by atoms with E-state index in [2.05, 4.69) is 37.4 Å². The highest BCUT2D eigenvalue weighted by molar-refractivity contribution is 7.19. The molecule has 4 aromatic rings. The van der Waals surface area contributed by atoms with Crippen LogP contribution in [0.3, 0.4) is 0 Å². The van der Waals surface area contributed by atoms with Crippen LogP contribution in [0.5, 0.6) is 0 Å². The van der Waals surface area contributed by atoms with E-state index in [1.54, 1.807) is 0 Å². The van der Waals surface area contributed by atoms with Gasteiger partial charge in [0.2, 0.25) is 0 Å². The van der Waals surface area contributed by atoms with Crippen LogP contribution in [-0.2, 0) is 11.3 Å². The Morgan fingerprint density at radius 1 is 1.06 bits per heavy atom. The predicted molar refractivity (Wildman–Crippen MR) is 135 cm³/mol. The van der Waals surface area contributed by atoms with Crippen molar-refractivity contribution in [1.29, 1.82) is 0 Å². The Bertz CT molecular complexity index is 1210. The molecule has 5 heterocycles. The number of piperazine rings is 1. The van der Waals surface area contributed by atoms with Crippen LogP contribution in [0.4, 0.5) is 5.82 Å². The number of nitrogens with one attached hydrogen (secondary N) is 2. The summed E-state index contributed by atoms with van der Waals surface area (Å²) in [5, 5.41) is 11.7. The second-order valence-corrected chi connectivity index (χ2v) is 9.20. The number of morpholine rings is 1. The van der Waals surface area contributed by atoms with Crippen LogP contribution in [0.1, 0.15) is 18.7 Å². The molecule has 174 valence electrons. The third kappa shape index (κ3) is 4.59. The summed E-state index contributed by atoms with van der Waals surface area (Å²) in [6, 6.07) is 8.40. The number of benzene rings is 1. The summed E-state index contributed by atoms with van der Waals surface area (Å²) in [6.45, 7) is 12.4. The summed E-state index contributed by atoms with van der Waals surface area (Å²) in [5.74, 6) is 1.79. The molecule has 0 unspecified atom stereocenters. The highest BCUT2D eigenvalue weighted by Gasteiger charge is 2.22. The summed E-state index contributed by atoms with van der Waals surface area (Å²) in [6.07, 6.45) is 1.86. The van der Waals surface area contributed by atoms with Gasteiger partial charge in [-0.1, -0.05) is 26.0 Å². The fourth-order valence-corrected chi connectivity index (χ4v) is 5.56. The van der Waals surface area contributed by atoms with Gasteiger partial charge in [0.15, 0.2) is 11.6 Å². The molecule has 0 amide bonds. The maximum Gasteiger partial charge on any atom is 0.162 e. The lowest BCUT2D eigenvalue weighted by Crippen LogP contribution is -2.42. The van der Waals surface area contributed by atoms with Gasteiger partial charge in [-0.25, -0.2) is 9.97 Å². The SMILES string of the molecule is CC.c1cc(-c2nc(N3CCOCC3)c3sc(CN4CCNCC4)cc3n2)c2cn[nH]c2c1. The average Bonchev–Trinajstić information content (AvgIpc) is 3.52. The molecule has 2 aliphatic rings. The Morgan fingerprint density at radius 3 is 2.70 bits per heavy atom. The molecule has 2 aliphatic heterocycles. The fourth-order valence-electron chi connectivity index (χ4n) is 4.40. The Hall–Kier alpha value is -2.59. The smallest absolute Gasteiger partial charge is 0.162 e. The highest BCUT2D eigenvalue weighted by atomic mass is 32.1. The second-order valence-electron chi connectivity index (χ2n) is 8.06. The zero-order chi connectivity index (χ0) is 22.6. The summed E-state index contributed by atoms with van der Waals surface area (Å²) in [4.78, 5) is 16.3. The molecule has 2 saturated heterocycles. The summed E-state index contributed by atoms with van der Waals surface area (Å²) < 4.78 is 6.77. The standard InChI is InChI=1S/C22H25N7OS.C2H6/c1-2-16(17-13-24-27-18(17)3-1)21-25-19-12-15(14-28-6-4-23-5-7-28)31-20(19)22(26-21)29-8-10-30-11-9-29;1-2/h1-3,12-13,23H,4-11,14H2,(H,24,27);1-2H3. The van der Waals surface area contributed by atoms with Crippen LogP contribution in [0, 0.1) is 0 Å². The third-order valence-corrected chi connectivity index (χ3v) is 7.14. The van der Waals surface area contributed by atoms with Crippen LogP contribution >= 0.6 is 11.3 Å². The molecule has 6 rings (SSSR count). The lowest BCUT2D eigenvalue weighted by Gasteiger charge is -2.28. The summed E-state index contributed by atoms with van der Waals surface area (Å²) in [5.41, 5.74) is 3.04. The molecular weight excluding hydrogens is 434 g/mol. The van der Waals surface area contributed by atoms with Crippen molar-refractivity contribution in [2.45, 2.75) is 20.4 Å².